The molecule has 224 valence electrons. The number of benzene rings is 3. The van der Waals surface area contributed by atoms with Gasteiger partial charge in [-0.15, -0.1) is 0 Å². The maximum Gasteiger partial charge on any atom is 0.337 e. The second-order valence-electron chi connectivity index (χ2n) is 10.8. The molecule has 0 saturated carbocycles. The number of carbonyl (C=O) groups is 2. The van der Waals surface area contributed by atoms with Crippen molar-refractivity contribution in [2.45, 2.75) is 32.5 Å². The van der Waals surface area contributed by atoms with Gasteiger partial charge in [-0.05, 0) is 85.0 Å². The first-order valence-electron chi connectivity index (χ1n) is 14.5. The number of ether oxygens (including phenoxy) is 2. The Kier molecular flexibility index (Phi) is 8.38. The largest absolute Gasteiger partial charge is 0.465 e. The van der Waals surface area contributed by atoms with Gasteiger partial charge < -0.3 is 24.1 Å². The number of rotatable bonds is 8. The van der Waals surface area contributed by atoms with Crippen molar-refractivity contribution in [1.82, 2.24) is 4.98 Å². The molecule has 5 aromatic rings. The first-order chi connectivity index (χ1) is 21.4. The molecule has 1 amide bonds. The fourth-order valence-corrected chi connectivity index (χ4v) is 5.49. The number of fused-ring (bicyclic) bond motifs is 1. The second kappa shape index (κ2) is 12.7. The van der Waals surface area contributed by atoms with Gasteiger partial charge in [-0.25, -0.2) is 14.2 Å². The molecule has 1 aliphatic heterocycles. The number of aryl methyl sites for hydroxylation is 1. The lowest BCUT2D eigenvalue weighted by Gasteiger charge is -2.32. The van der Waals surface area contributed by atoms with E-state index in [1.165, 1.54) is 19.2 Å². The number of esters is 1. The number of pyridine rings is 1. The van der Waals surface area contributed by atoms with E-state index in [0.29, 0.717) is 29.0 Å². The average molecular weight is 594 g/mol. The fraction of sp³-hybridized carbons (Fsp3) is 0.229. The highest BCUT2D eigenvalue weighted by molar-refractivity contribution is 6.06. The second-order valence-corrected chi connectivity index (χ2v) is 10.8. The summed E-state index contributed by atoms with van der Waals surface area (Å²) in [6.45, 7) is 3.86. The lowest BCUT2D eigenvalue weighted by molar-refractivity contribution is 0.0250. The van der Waals surface area contributed by atoms with Crippen LogP contribution < -0.4 is 10.2 Å². The number of nitrogens with zero attached hydrogens (tertiary/aromatic N) is 2. The minimum atomic E-state index is -0.365. The van der Waals surface area contributed by atoms with Crippen molar-refractivity contribution in [3.8, 4) is 11.1 Å². The summed E-state index contributed by atoms with van der Waals surface area (Å²) < 4.78 is 30.6. The van der Waals surface area contributed by atoms with Gasteiger partial charge in [0.05, 0.1) is 37.3 Å². The summed E-state index contributed by atoms with van der Waals surface area (Å²) in [6.07, 6.45) is 3.46. The summed E-state index contributed by atoms with van der Waals surface area (Å²) >= 11 is 0. The highest BCUT2D eigenvalue weighted by Gasteiger charge is 2.22. The van der Waals surface area contributed by atoms with Crippen LogP contribution in [0.5, 0.6) is 0 Å². The van der Waals surface area contributed by atoms with Gasteiger partial charge in [-0.3, -0.25) is 4.79 Å². The van der Waals surface area contributed by atoms with Gasteiger partial charge in [-0.1, -0.05) is 30.3 Å². The molecular weight excluding hydrogens is 561 g/mol. The maximum absolute atomic E-state index is 13.7. The topological polar surface area (TPSA) is 93.9 Å². The molecule has 2 aromatic heterocycles. The van der Waals surface area contributed by atoms with Gasteiger partial charge in [0.15, 0.2) is 5.76 Å². The van der Waals surface area contributed by atoms with Crippen LogP contribution in [0, 0.1) is 12.7 Å². The summed E-state index contributed by atoms with van der Waals surface area (Å²) in [5.74, 6) is 0.0220. The van der Waals surface area contributed by atoms with Crippen LogP contribution in [0.25, 0.3) is 22.1 Å². The van der Waals surface area contributed by atoms with E-state index in [2.05, 4.69) is 15.2 Å². The van der Waals surface area contributed by atoms with E-state index in [1.807, 2.05) is 49.4 Å². The van der Waals surface area contributed by atoms with E-state index < -0.39 is 0 Å². The van der Waals surface area contributed by atoms with Crippen molar-refractivity contribution in [3.63, 3.8) is 0 Å². The number of aromatic nitrogens is 1. The van der Waals surface area contributed by atoms with Gasteiger partial charge in [0.25, 0.3) is 5.91 Å². The summed E-state index contributed by atoms with van der Waals surface area (Å²) in [5, 5.41) is 3.68. The molecule has 0 atom stereocenters. The standard InChI is InChI=1S/C35H32FN3O5/c1-22-30-19-25(24-6-4-8-27(36)18-24)9-11-31(30)44-33(22)34(40)38-28-10-12-32(37-20-28)39-15-13-29(14-16-39)43-21-23-5-3-7-26(17-23)35(41)42-2/h3-12,17-20,29H,13-16,21H2,1-2H3,(H,38,40). The Morgan fingerprint density at radius 3 is 2.55 bits per heavy atom. The molecule has 1 fully saturated rings. The van der Waals surface area contributed by atoms with Crippen LogP contribution in [-0.4, -0.2) is 43.2 Å². The van der Waals surface area contributed by atoms with Crippen molar-refractivity contribution in [2.24, 2.45) is 0 Å². The zero-order chi connectivity index (χ0) is 30.6. The van der Waals surface area contributed by atoms with Crippen LogP contribution in [0.2, 0.25) is 0 Å². The Bertz CT molecular complexity index is 1810. The molecule has 0 spiro atoms. The summed E-state index contributed by atoms with van der Waals surface area (Å²) in [7, 11) is 1.37. The molecule has 0 unspecified atom stereocenters. The zero-order valence-corrected chi connectivity index (χ0v) is 24.5. The van der Waals surface area contributed by atoms with Gasteiger partial charge in [-0.2, -0.15) is 0 Å². The third-order valence-corrected chi connectivity index (χ3v) is 7.91. The Morgan fingerprint density at radius 2 is 1.80 bits per heavy atom. The minimum Gasteiger partial charge on any atom is -0.465 e. The van der Waals surface area contributed by atoms with Crippen LogP contribution in [0.15, 0.2) is 89.5 Å². The fourth-order valence-electron chi connectivity index (χ4n) is 5.49. The molecule has 0 bridgehead atoms. The number of furan rings is 1. The molecule has 6 rings (SSSR count). The predicted molar refractivity (Wildman–Crippen MR) is 166 cm³/mol. The third kappa shape index (κ3) is 6.33. The smallest absolute Gasteiger partial charge is 0.337 e. The van der Waals surface area contributed by atoms with E-state index >= 15 is 0 Å². The number of hydrogen-bond acceptors (Lipinski definition) is 7. The number of hydrogen-bond donors (Lipinski definition) is 1. The van der Waals surface area contributed by atoms with Crippen molar-refractivity contribution in [1.29, 1.82) is 0 Å². The van der Waals surface area contributed by atoms with Crippen molar-refractivity contribution >= 4 is 34.4 Å². The lowest BCUT2D eigenvalue weighted by atomic mass is 10.0. The van der Waals surface area contributed by atoms with E-state index in [0.717, 1.165) is 53.8 Å². The molecule has 3 heterocycles. The Morgan fingerprint density at radius 1 is 1.00 bits per heavy atom. The SMILES string of the molecule is COC(=O)c1cccc(COC2CCN(c3ccc(NC(=O)c4oc5ccc(-c6cccc(F)c6)cc5c4C)cn3)CC2)c1. The first-order valence-corrected chi connectivity index (χ1v) is 14.5. The maximum atomic E-state index is 13.7. The summed E-state index contributed by atoms with van der Waals surface area (Å²) in [6, 6.07) is 23.0. The minimum absolute atomic E-state index is 0.114. The number of piperidine rings is 1. The van der Waals surface area contributed by atoms with Crippen LogP contribution in [0.4, 0.5) is 15.9 Å². The van der Waals surface area contributed by atoms with Crippen LogP contribution in [-0.2, 0) is 16.1 Å². The monoisotopic (exact) mass is 593 g/mol. The summed E-state index contributed by atoms with van der Waals surface area (Å²) in [4.78, 5) is 31.7. The molecule has 0 radical (unpaired) electrons. The Hall–Kier alpha value is -5.02. The number of nitrogens with one attached hydrogen (secondary N) is 1. The van der Waals surface area contributed by atoms with E-state index in [9.17, 15) is 14.0 Å². The Labute approximate surface area is 254 Å². The van der Waals surface area contributed by atoms with E-state index in [1.54, 1.807) is 30.5 Å². The Balaban J connectivity index is 1.04. The lowest BCUT2D eigenvalue weighted by Crippen LogP contribution is -2.37. The number of carbonyl (C=O) groups excluding carboxylic acids is 2. The van der Waals surface area contributed by atoms with Gasteiger partial charge in [0.1, 0.15) is 17.2 Å². The van der Waals surface area contributed by atoms with E-state index in [-0.39, 0.29) is 29.6 Å². The molecule has 1 aliphatic rings. The predicted octanol–water partition coefficient (Wildman–Crippen LogP) is 7.17. The van der Waals surface area contributed by atoms with Crippen molar-refractivity contribution in [2.75, 3.05) is 30.4 Å². The highest BCUT2D eigenvalue weighted by atomic mass is 19.1. The molecule has 3 aromatic carbocycles. The molecule has 1 saturated heterocycles. The van der Waals surface area contributed by atoms with Gasteiger partial charge >= 0.3 is 5.97 Å². The average Bonchev–Trinajstić information content (AvgIpc) is 3.39. The van der Waals surface area contributed by atoms with Crippen LogP contribution >= 0.6 is 0 Å². The molecule has 8 nitrogen and oxygen atoms in total. The molecule has 1 N–H and O–H groups in total. The number of amides is 1. The summed E-state index contributed by atoms with van der Waals surface area (Å²) in [5.41, 5.74) is 4.90. The number of halogens is 1. The zero-order valence-electron chi connectivity index (χ0n) is 24.5. The number of anilines is 2. The van der Waals surface area contributed by atoms with Crippen molar-refractivity contribution < 1.29 is 27.9 Å². The molecule has 9 heteroatoms. The molecule has 0 aliphatic carbocycles. The molecule has 44 heavy (non-hydrogen) atoms. The highest BCUT2D eigenvalue weighted by Crippen LogP contribution is 2.31. The number of methoxy groups -OCH3 is 1. The third-order valence-electron chi connectivity index (χ3n) is 7.91. The first kappa shape index (κ1) is 29.1. The molecular formula is C35H32FN3O5. The van der Waals surface area contributed by atoms with Crippen LogP contribution in [0.1, 0.15) is 44.9 Å². The normalized spacial score (nSPS) is 13.7. The van der Waals surface area contributed by atoms with Gasteiger partial charge in [0, 0.05) is 24.0 Å². The van der Waals surface area contributed by atoms with Crippen LogP contribution in [0.3, 0.4) is 0 Å². The van der Waals surface area contributed by atoms with Crippen molar-refractivity contribution in [3.05, 3.63) is 113 Å². The van der Waals surface area contributed by atoms with E-state index in [4.69, 9.17) is 13.9 Å². The quantitative estimate of drug-likeness (QED) is 0.191. The van der Waals surface area contributed by atoms with Gasteiger partial charge in [0.2, 0.25) is 0 Å².